The van der Waals surface area contributed by atoms with E-state index in [-0.39, 0.29) is 28.2 Å². The van der Waals surface area contributed by atoms with Crippen molar-refractivity contribution in [2.45, 2.75) is 6.92 Å². The number of carbonyl (C=O) groups is 3. The maximum atomic E-state index is 12.7. The van der Waals surface area contributed by atoms with Gasteiger partial charge in [0.1, 0.15) is 16.9 Å². The summed E-state index contributed by atoms with van der Waals surface area (Å²) in [7, 11) is 2.29. The SMILES string of the molecule is COC(=O)c1c(-c2ccc(NC(C)=O)c([N+](=O)[O-])c2)nn(-c2ccccc2)c1C(=O)OC. The Bertz CT molecular complexity index is 1220. The van der Waals surface area contributed by atoms with Gasteiger partial charge in [0.2, 0.25) is 5.91 Å². The predicted octanol–water partition coefficient (Wildman–Crippen LogP) is 2.98. The standard InChI is InChI=1S/C21H18N4O7/c1-12(26)22-15-10-9-13(11-16(15)25(29)30)18-17(20(27)31-2)19(21(28)32-3)24(23-18)14-7-5-4-6-8-14/h4-11H,1-3H3,(H,22,26). The van der Waals surface area contributed by atoms with Crippen LogP contribution in [0.15, 0.2) is 48.5 Å². The van der Waals surface area contributed by atoms with Gasteiger partial charge in [-0.3, -0.25) is 14.9 Å². The number of aromatic nitrogens is 2. The molecule has 2 aromatic carbocycles. The van der Waals surface area contributed by atoms with Crippen molar-refractivity contribution < 1.29 is 28.8 Å². The molecular weight excluding hydrogens is 420 g/mol. The summed E-state index contributed by atoms with van der Waals surface area (Å²) >= 11 is 0. The number of esters is 2. The first-order valence-corrected chi connectivity index (χ1v) is 9.20. The van der Waals surface area contributed by atoms with Crippen LogP contribution in [0.3, 0.4) is 0 Å². The average Bonchev–Trinajstić information content (AvgIpc) is 3.19. The van der Waals surface area contributed by atoms with Crippen LogP contribution in [-0.2, 0) is 14.3 Å². The van der Waals surface area contributed by atoms with Gasteiger partial charge < -0.3 is 14.8 Å². The number of nitro benzene ring substituents is 1. The van der Waals surface area contributed by atoms with Gasteiger partial charge in [-0.1, -0.05) is 24.3 Å². The highest BCUT2D eigenvalue weighted by molar-refractivity contribution is 6.07. The summed E-state index contributed by atoms with van der Waals surface area (Å²) in [6.45, 7) is 1.22. The number of para-hydroxylation sites is 1. The lowest BCUT2D eigenvalue weighted by Crippen LogP contribution is -2.15. The Balaban J connectivity index is 2.33. The number of hydrogen-bond donors (Lipinski definition) is 1. The van der Waals surface area contributed by atoms with E-state index in [2.05, 4.69) is 10.4 Å². The van der Waals surface area contributed by atoms with Gasteiger partial charge in [0.15, 0.2) is 5.69 Å². The van der Waals surface area contributed by atoms with Crippen LogP contribution in [0.2, 0.25) is 0 Å². The lowest BCUT2D eigenvalue weighted by Gasteiger charge is -2.07. The molecule has 1 amide bonds. The van der Waals surface area contributed by atoms with Gasteiger partial charge in [-0.15, -0.1) is 0 Å². The van der Waals surface area contributed by atoms with Crippen LogP contribution < -0.4 is 5.32 Å². The Morgan fingerprint density at radius 2 is 1.69 bits per heavy atom. The summed E-state index contributed by atoms with van der Waals surface area (Å²) in [4.78, 5) is 47.5. The molecule has 3 rings (SSSR count). The molecule has 0 spiro atoms. The van der Waals surface area contributed by atoms with Crippen molar-refractivity contribution in [1.82, 2.24) is 9.78 Å². The van der Waals surface area contributed by atoms with E-state index in [1.54, 1.807) is 30.3 Å². The molecule has 0 bridgehead atoms. The highest BCUT2D eigenvalue weighted by Gasteiger charge is 2.32. The molecule has 11 heteroatoms. The van der Waals surface area contributed by atoms with Crippen LogP contribution in [0.1, 0.15) is 27.8 Å². The molecule has 0 saturated heterocycles. The van der Waals surface area contributed by atoms with Crippen LogP contribution in [0, 0.1) is 10.1 Å². The molecule has 1 N–H and O–H groups in total. The smallest absolute Gasteiger partial charge is 0.357 e. The summed E-state index contributed by atoms with van der Waals surface area (Å²) in [5.74, 6) is -2.22. The molecule has 0 atom stereocenters. The molecule has 0 aliphatic rings. The van der Waals surface area contributed by atoms with Gasteiger partial charge in [0.05, 0.1) is 24.8 Å². The van der Waals surface area contributed by atoms with E-state index in [1.807, 2.05) is 0 Å². The topological polar surface area (TPSA) is 143 Å². The number of ether oxygens (including phenoxy) is 2. The van der Waals surface area contributed by atoms with Gasteiger partial charge >= 0.3 is 11.9 Å². The molecule has 0 saturated carbocycles. The lowest BCUT2D eigenvalue weighted by atomic mass is 10.0. The summed E-state index contributed by atoms with van der Waals surface area (Å²) in [6, 6.07) is 12.4. The molecule has 0 aliphatic carbocycles. The summed E-state index contributed by atoms with van der Waals surface area (Å²) < 4.78 is 10.9. The minimum atomic E-state index is -0.879. The number of anilines is 1. The second-order valence-corrected chi connectivity index (χ2v) is 6.47. The van der Waals surface area contributed by atoms with Gasteiger partial charge in [-0.2, -0.15) is 5.10 Å². The first-order chi connectivity index (χ1) is 15.3. The maximum absolute atomic E-state index is 12.7. The zero-order valence-corrected chi connectivity index (χ0v) is 17.3. The van der Waals surface area contributed by atoms with Crippen molar-refractivity contribution >= 4 is 29.2 Å². The van der Waals surface area contributed by atoms with Gasteiger partial charge in [0, 0.05) is 18.6 Å². The first kappa shape index (κ1) is 22.2. The molecule has 0 fully saturated rings. The Labute approximate surface area is 181 Å². The minimum Gasteiger partial charge on any atom is -0.465 e. The van der Waals surface area contributed by atoms with Crippen LogP contribution in [-0.4, -0.2) is 46.8 Å². The summed E-state index contributed by atoms with van der Waals surface area (Å²) in [5, 5.41) is 18.3. The molecule has 164 valence electrons. The number of nitrogens with zero attached hydrogens (tertiary/aromatic N) is 3. The molecule has 11 nitrogen and oxygen atoms in total. The van der Waals surface area contributed by atoms with E-state index < -0.39 is 28.5 Å². The normalized spacial score (nSPS) is 10.3. The fourth-order valence-electron chi connectivity index (χ4n) is 3.08. The minimum absolute atomic E-state index is 0.0263. The number of hydrogen-bond acceptors (Lipinski definition) is 8. The van der Waals surface area contributed by atoms with E-state index in [4.69, 9.17) is 9.47 Å². The van der Waals surface area contributed by atoms with Gasteiger partial charge in [-0.25, -0.2) is 14.3 Å². The fraction of sp³-hybridized carbons (Fsp3) is 0.143. The highest BCUT2D eigenvalue weighted by atomic mass is 16.6. The quantitative estimate of drug-likeness (QED) is 0.351. The first-order valence-electron chi connectivity index (χ1n) is 9.20. The molecule has 0 aliphatic heterocycles. The lowest BCUT2D eigenvalue weighted by molar-refractivity contribution is -0.383. The maximum Gasteiger partial charge on any atom is 0.357 e. The number of amides is 1. The van der Waals surface area contributed by atoms with Crippen molar-refractivity contribution in [1.29, 1.82) is 0 Å². The van der Waals surface area contributed by atoms with Crippen molar-refractivity contribution in [2.24, 2.45) is 0 Å². The third kappa shape index (κ3) is 4.17. The monoisotopic (exact) mass is 438 g/mol. The molecule has 0 radical (unpaired) electrons. The second-order valence-electron chi connectivity index (χ2n) is 6.47. The molecule has 0 unspecified atom stereocenters. The van der Waals surface area contributed by atoms with Crippen LogP contribution in [0.25, 0.3) is 16.9 Å². The zero-order valence-electron chi connectivity index (χ0n) is 17.3. The van der Waals surface area contributed by atoms with Crippen LogP contribution in [0.5, 0.6) is 0 Å². The fourth-order valence-corrected chi connectivity index (χ4v) is 3.08. The van der Waals surface area contributed by atoms with E-state index in [0.29, 0.717) is 5.69 Å². The number of methoxy groups -OCH3 is 2. The van der Waals surface area contributed by atoms with Gasteiger partial charge in [-0.05, 0) is 18.2 Å². The Hall–Kier alpha value is -4.54. The van der Waals surface area contributed by atoms with E-state index >= 15 is 0 Å². The molecule has 1 heterocycles. The third-order valence-electron chi connectivity index (χ3n) is 4.43. The number of benzene rings is 2. The molecular formula is C21H18N4O7. The average molecular weight is 438 g/mol. The second kappa shape index (κ2) is 9.08. The van der Waals surface area contributed by atoms with Crippen LogP contribution >= 0.6 is 0 Å². The van der Waals surface area contributed by atoms with Crippen molar-refractivity contribution in [2.75, 3.05) is 19.5 Å². The zero-order chi connectivity index (χ0) is 23.4. The Morgan fingerprint density at radius 3 is 2.25 bits per heavy atom. The summed E-state index contributed by atoms with van der Waals surface area (Å²) in [5.41, 5.74) is -0.277. The number of nitro groups is 1. The van der Waals surface area contributed by atoms with E-state index in [0.717, 1.165) is 20.3 Å². The van der Waals surface area contributed by atoms with Crippen LogP contribution in [0.4, 0.5) is 11.4 Å². The van der Waals surface area contributed by atoms with Crippen molar-refractivity contribution in [3.8, 4) is 16.9 Å². The van der Waals surface area contributed by atoms with Gasteiger partial charge in [0.25, 0.3) is 5.69 Å². The number of rotatable bonds is 6. The van der Waals surface area contributed by atoms with E-state index in [9.17, 15) is 24.5 Å². The van der Waals surface area contributed by atoms with E-state index in [1.165, 1.54) is 23.7 Å². The Morgan fingerprint density at radius 1 is 1.03 bits per heavy atom. The predicted molar refractivity (Wildman–Crippen MR) is 113 cm³/mol. The Kier molecular flexibility index (Phi) is 6.29. The largest absolute Gasteiger partial charge is 0.465 e. The molecule has 3 aromatic rings. The van der Waals surface area contributed by atoms with Crippen molar-refractivity contribution in [3.63, 3.8) is 0 Å². The number of nitrogens with one attached hydrogen (secondary N) is 1. The number of carbonyl (C=O) groups excluding carboxylic acids is 3. The third-order valence-corrected chi connectivity index (χ3v) is 4.43. The highest BCUT2D eigenvalue weighted by Crippen LogP contribution is 2.34. The molecule has 1 aromatic heterocycles. The molecule has 32 heavy (non-hydrogen) atoms. The van der Waals surface area contributed by atoms with Crippen molar-refractivity contribution in [3.05, 3.63) is 69.9 Å². The summed E-state index contributed by atoms with van der Waals surface area (Å²) in [6.07, 6.45) is 0.